The number of carbonyl (C=O) groups is 2. The summed E-state index contributed by atoms with van der Waals surface area (Å²) in [7, 11) is 0. The lowest BCUT2D eigenvalue weighted by atomic mass is 9.93. The molecule has 0 saturated carbocycles. The lowest BCUT2D eigenvalue weighted by Crippen LogP contribution is -2.50. The van der Waals surface area contributed by atoms with Crippen molar-refractivity contribution in [3.8, 4) is 5.75 Å². The number of alkyl halides is 9. The average molecular weight is 651 g/mol. The molecule has 0 heterocycles. The highest BCUT2D eigenvalue weighted by Gasteiger charge is 2.73. The van der Waals surface area contributed by atoms with Gasteiger partial charge in [-0.3, -0.25) is 9.59 Å². The second-order valence-corrected chi connectivity index (χ2v) is 9.24. The molecule has 0 aliphatic rings. The highest BCUT2D eigenvalue weighted by atomic mass is 35.5. The molecule has 0 spiro atoms. The van der Waals surface area contributed by atoms with E-state index in [4.69, 9.17) is 23.2 Å². The average Bonchev–Trinajstić information content (AvgIpc) is 2.84. The van der Waals surface area contributed by atoms with E-state index < -0.39 is 75.5 Å². The number of hydrogen-bond acceptors (Lipinski definition) is 3. The van der Waals surface area contributed by atoms with E-state index in [9.17, 15) is 49.1 Å². The maximum absolute atomic E-state index is 15.2. The molecule has 3 rings (SSSR count). The summed E-state index contributed by atoms with van der Waals surface area (Å²) < 4.78 is 139. The third-order valence-corrected chi connectivity index (χ3v) is 6.16. The van der Waals surface area contributed by atoms with Gasteiger partial charge in [-0.1, -0.05) is 35.3 Å². The van der Waals surface area contributed by atoms with Crippen LogP contribution in [-0.4, -0.2) is 30.8 Å². The highest BCUT2D eigenvalue weighted by molar-refractivity contribution is 6.35. The molecule has 0 aliphatic heterocycles. The number of anilines is 2. The summed E-state index contributed by atoms with van der Waals surface area (Å²) in [5.74, 6) is -5.42. The van der Waals surface area contributed by atoms with Crippen LogP contribution in [0.15, 0.2) is 48.5 Å². The Hall–Kier alpha value is -3.72. The zero-order valence-electron chi connectivity index (χ0n) is 20.5. The van der Waals surface area contributed by atoms with Crippen LogP contribution in [0.25, 0.3) is 0 Å². The molecule has 3 aromatic carbocycles. The smallest absolute Gasteiger partial charge is 0.433 e. The van der Waals surface area contributed by atoms with E-state index in [1.165, 1.54) is 18.2 Å². The first-order valence-corrected chi connectivity index (χ1v) is 11.8. The molecule has 0 unspecified atom stereocenters. The fourth-order valence-corrected chi connectivity index (χ4v) is 4.14. The van der Waals surface area contributed by atoms with Gasteiger partial charge in [-0.25, -0.2) is 8.78 Å². The second kappa shape index (κ2) is 11.9. The lowest BCUT2D eigenvalue weighted by molar-refractivity contribution is -0.348. The van der Waals surface area contributed by atoms with Crippen LogP contribution in [0.5, 0.6) is 5.75 Å². The van der Waals surface area contributed by atoms with Crippen molar-refractivity contribution in [2.24, 2.45) is 0 Å². The van der Waals surface area contributed by atoms with E-state index in [1.54, 1.807) is 12.2 Å². The summed E-state index contributed by atoms with van der Waals surface area (Å²) in [6.07, 6.45) is -13.3. The molecule has 0 atom stereocenters. The predicted octanol–water partition coefficient (Wildman–Crippen LogP) is 8.84. The van der Waals surface area contributed by atoms with Crippen molar-refractivity contribution < 1.29 is 58.2 Å². The van der Waals surface area contributed by atoms with Crippen LogP contribution < -0.4 is 15.4 Å². The summed E-state index contributed by atoms with van der Waals surface area (Å²) in [4.78, 5) is 25.4. The Morgan fingerprint density at radius 2 is 1.40 bits per heavy atom. The Bertz CT molecular complexity index is 1510. The van der Waals surface area contributed by atoms with Crippen LogP contribution in [0.2, 0.25) is 10.0 Å². The minimum absolute atomic E-state index is 0.0137. The highest BCUT2D eigenvalue weighted by Crippen LogP contribution is 2.55. The van der Waals surface area contributed by atoms with Gasteiger partial charge in [-0.2, -0.15) is 35.1 Å². The Kier molecular flexibility index (Phi) is 9.27. The van der Waals surface area contributed by atoms with E-state index in [-0.39, 0.29) is 22.7 Å². The topological polar surface area (TPSA) is 67.4 Å². The first-order chi connectivity index (χ1) is 19.3. The van der Waals surface area contributed by atoms with Crippen LogP contribution in [0.3, 0.4) is 0 Å². The number of benzene rings is 3. The van der Waals surface area contributed by atoms with Crippen molar-refractivity contribution in [2.45, 2.75) is 31.6 Å². The fraction of sp³-hybridized carbons (Fsp3) is 0.200. The molecule has 0 saturated heterocycles. The number of aryl methyl sites for hydroxylation is 1. The lowest BCUT2D eigenvalue weighted by Gasteiger charge is -2.31. The van der Waals surface area contributed by atoms with Crippen molar-refractivity contribution in [3.63, 3.8) is 0 Å². The van der Waals surface area contributed by atoms with E-state index in [1.807, 2.05) is 0 Å². The Labute approximate surface area is 239 Å². The Balaban J connectivity index is 2.01. The molecule has 226 valence electrons. The van der Waals surface area contributed by atoms with E-state index in [2.05, 4.69) is 10.1 Å². The summed E-state index contributed by atoms with van der Waals surface area (Å²) >= 11 is 11.7. The molecule has 42 heavy (non-hydrogen) atoms. The number of ether oxygens (including phenoxy) is 1. The molecular formula is C25H14Cl2F10N2O3. The summed E-state index contributed by atoms with van der Waals surface area (Å²) in [6, 6.07) is 6.63. The zero-order valence-corrected chi connectivity index (χ0v) is 22.0. The van der Waals surface area contributed by atoms with Gasteiger partial charge in [0.05, 0.1) is 26.9 Å². The van der Waals surface area contributed by atoms with Gasteiger partial charge in [0.1, 0.15) is 5.69 Å². The third kappa shape index (κ3) is 6.51. The third-order valence-electron chi connectivity index (χ3n) is 5.55. The first-order valence-electron chi connectivity index (χ1n) is 11.1. The monoisotopic (exact) mass is 650 g/mol. The summed E-state index contributed by atoms with van der Waals surface area (Å²) in [6.45, 7) is -2.21. The normalized spacial score (nSPS) is 12.3. The van der Waals surface area contributed by atoms with Crippen molar-refractivity contribution in [2.75, 3.05) is 10.6 Å². The number of carbonyl (C=O) groups excluding carboxylic acids is 2. The summed E-state index contributed by atoms with van der Waals surface area (Å²) in [5.41, 5.74) is -10.3. The largest absolute Gasteiger partial charge is 0.435 e. The van der Waals surface area contributed by atoms with Gasteiger partial charge in [-0.05, 0) is 48.9 Å². The minimum Gasteiger partial charge on any atom is -0.433 e. The SMILES string of the molecule is Cc1ccc(C(=O)Nc2cccc(C(=O)Nc3c(Cl)cc(C(F)(C(F)(F)F)C(F)(F)F)cc3OC(F)F)c2F)c(Cl)c1. The molecular weight excluding hydrogens is 637 g/mol. The van der Waals surface area contributed by atoms with Crippen molar-refractivity contribution >= 4 is 46.4 Å². The van der Waals surface area contributed by atoms with Crippen LogP contribution in [0.1, 0.15) is 31.8 Å². The maximum atomic E-state index is 15.2. The molecule has 17 heteroatoms. The number of nitrogens with one attached hydrogen (secondary N) is 2. The Morgan fingerprint density at radius 1 is 0.810 bits per heavy atom. The van der Waals surface area contributed by atoms with Gasteiger partial charge in [0.2, 0.25) is 0 Å². The van der Waals surface area contributed by atoms with E-state index in [0.29, 0.717) is 5.56 Å². The second-order valence-electron chi connectivity index (χ2n) is 8.42. The van der Waals surface area contributed by atoms with Gasteiger partial charge < -0.3 is 15.4 Å². The molecule has 5 nitrogen and oxygen atoms in total. The molecule has 3 aromatic rings. The van der Waals surface area contributed by atoms with E-state index in [0.717, 1.165) is 18.2 Å². The van der Waals surface area contributed by atoms with Gasteiger partial charge >= 0.3 is 24.6 Å². The van der Waals surface area contributed by atoms with E-state index >= 15 is 4.39 Å². The molecule has 2 amide bonds. The predicted molar refractivity (Wildman–Crippen MR) is 131 cm³/mol. The number of hydrogen-bond donors (Lipinski definition) is 2. The van der Waals surface area contributed by atoms with Gasteiger partial charge in [-0.15, -0.1) is 0 Å². The zero-order chi connectivity index (χ0) is 31.8. The van der Waals surface area contributed by atoms with Crippen molar-refractivity contribution in [1.82, 2.24) is 0 Å². The van der Waals surface area contributed by atoms with Gasteiger partial charge in [0.15, 0.2) is 11.6 Å². The first kappa shape index (κ1) is 32.8. The standard InChI is InChI=1S/C25H14Cl2F10N2O3/c1-10-5-6-12(14(26)7-10)20(40)38-16-4-2-3-13(18(16)28)21(41)39-19-15(27)8-11(9-17(19)42-22(29)30)23(31,24(32,33)34)25(35,36)37/h2-9,22H,1H3,(H,38,40)(H,39,41). The molecule has 0 aromatic heterocycles. The Morgan fingerprint density at radius 3 is 1.95 bits per heavy atom. The summed E-state index contributed by atoms with van der Waals surface area (Å²) in [5, 5.41) is 2.61. The van der Waals surface area contributed by atoms with Gasteiger partial charge in [0.25, 0.3) is 11.8 Å². The molecule has 2 N–H and O–H groups in total. The quantitative estimate of drug-likeness (QED) is 0.251. The van der Waals surface area contributed by atoms with Crippen LogP contribution >= 0.6 is 23.2 Å². The van der Waals surface area contributed by atoms with Crippen LogP contribution in [0.4, 0.5) is 55.3 Å². The molecule has 0 radical (unpaired) electrons. The maximum Gasteiger partial charge on any atom is 0.435 e. The van der Waals surface area contributed by atoms with Crippen LogP contribution in [0, 0.1) is 12.7 Å². The van der Waals surface area contributed by atoms with Crippen molar-refractivity contribution in [1.29, 1.82) is 0 Å². The minimum atomic E-state index is -6.63. The fourth-order valence-electron chi connectivity index (χ4n) is 3.56. The molecule has 0 aliphatic carbocycles. The molecule has 0 bridgehead atoms. The van der Waals surface area contributed by atoms with Gasteiger partial charge in [0, 0.05) is 5.56 Å². The number of halogens is 12. The number of amides is 2. The number of rotatable bonds is 7. The molecule has 0 fully saturated rings. The van der Waals surface area contributed by atoms with Crippen LogP contribution in [-0.2, 0) is 5.67 Å². The van der Waals surface area contributed by atoms with Crippen molar-refractivity contribution in [3.05, 3.63) is 86.6 Å².